The Morgan fingerprint density at radius 1 is 1.14 bits per heavy atom. The second-order valence-corrected chi connectivity index (χ2v) is 10.4. The molecule has 4 rings (SSSR count). The molecule has 37 heavy (non-hydrogen) atoms. The zero-order chi connectivity index (χ0) is 26.5. The molecule has 0 aliphatic carbocycles. The van der Waals surface area contributed by atoms with E-state index in [0.29, 0.717) is 38.0 Å². The van der Waals surface area contributed by atoms with E-state index in [9.17, 15) is 9.59 Å². The summed E-state index contributed by atoms with van der Waals surface area (Å²) in [5.41, 5.74) is 3.19. The van der Waals surface area contributed by atoms with E-state index in [-0.39, 0.29) is 18.4 Å². The molecule has 0 spiro atoms. The van der Waals surface area contributed by atoms with Crippen molar-refractivity contribution in [3.8, 4) is 11.5 Å². The van der Waals surface area contributed by atoms with Crippen molar-refractivity contribution in [1.29, 1.82) is 0 Å². The maximum absolute atomic E-state index is 12.8. The van der Waals surface area contributed by atoms with E-state index < -0.39 is 0 Å². The molecule has 0 radical (unpaired) electrons. The highest BCUT2D eigenvalue weighted by molar-refractivity contribution is 9.10. The molecule has 10 heteroatoms. The number of rotatable bonds is 7. The molecule has 190 valence electrons. The van der Waals surface area contributed by atoms with E-state index in [0.717, 1.165) is 15.6 Å². The Hall–Kier alpha value is -3.27. The largest absolute Gasteiger partial charge is 0.493 e. The van der Waals surface area contributed by atoms with Gasteiger partial charge in [-0.2, -0.15) is 0 Å². The smallest absolute Gasteiger partial charge is 0.266 e. The highest BCUT2D eigenvalue weighted by Gasteiger charge is 2.30. The third kappa shape index (κ3) is 6.74. The van der Waals surface area contributed by atoms with Crippen molar-refractivity contribution in [1.82, 2.24) is 4.90 Å². The van der Waals surface area contributed by atoms with Gasteiger partial charge in [0.05, 0.1) is 22.7 Å². The van der Waals surface area contributed by atoms with Crippen LogP contribution < -0.4 is 14.8 Å². The van der Waals surface area contributed by atoms with Crippen LogP contribution in [0.25, 0.3) is 6.08 Å². The second kappa shape index (κ2) is 11.9. The number of anilines is 1. The van der Waals surface area contributed by atoms with E-state index in [1.165, 1.54) is 23.8 Å². The van der Waals surface area contributed by atoms with E-state index in [2.05, 4.69) is 26.2 Å². The molecule has 2 amide bonds. The maximum Gasteiger partial charge on any atom is 0.266 e. The molecular formula is C27H23BrClN3O4S. The maximum atomic E-state index is 12.8. The molecule has 0 saturated carbocycles. The summed E-state index contributed by atoms with van der Waals surface area (Å²) in [6.45, 7) is 1.80. The average molecular weight is 601 g/mol. The lowest BCUT2D eigenvalue weighted by Gasteiger charge is -2.12. The van der Waals surface area contributed by atoms with Crippen molar-refractivity contribution in [3.63, 3.8) is 0 Å². The van der Waals surface area contributed by atoms with E-state index in [1.54, 1.807) is 37.4 Å². The van der Waals surface area contributed by atoms with Gasteiger partial charge in [0.15, 0.2) is 23.3 Å². The zero-order valence-electron chi connectivity index (χ0n) is 20.2. The van der Waals surface area contributed by atoms with Gasteiger partial charge in [-0.25, -0.2) is 4.99 Å². The van der Waals surface area contributed by atoms with Gasteiger partial charge in [0.1, 0.15) is 0 Å². The highest BCUT2D eigenvalue weighted by atomic mass is 79.9. The Morgan fingerprint density at radius 3 is 2.59 bits per heavy atom. The number of nitrogens with zero attached hydrogens (tertiary/aromatic N) is 2. The van der Waals surface area contributed by atoms with E-state index in [1.807, 2.05) is 43.3 Å². The number of amides is 2. The summed E-state index contributed by atoms with van der Waals surface area (Å²) >= 11 is 10.8. The molecule has 1 N–H and O–H groups in total. The van der Waals surface area contributed by atoms with Gasteiger partial charge in [0.2, 0.25) is 0 Å². The zero-order valence-corrected chi connectivity index (χ0v) is 23.4. The summed E-state index contributed by atoms with van der Waals surface area (Å²) in [5, 5.41) is 3.87. The lowest BCUT2D eigenvalue weighted by atomic mass is 10.2. The van der Waals surface area contributed by atoms with Gasteiger partial charge in [-0.15, -0.1) is 0 Å². The van der Waals surface area contributed by atoms with Crippen LogP contribution in [0.4, 0.5) is 11.4 Å². The molecule has 0 aromatic heterocycles. The number of carbonyl (C=O) groups excluding carboxylic acids is 2. The monoisotopic (exact) mass is 599 g/mol. The molecule has 0 atom stereocenters. The van der Waals surface area contributed by atoms with E-state index >= 15 is 0 Å². The van der Waals surface area contributed by atoms with Crippen molar-refractivity contribution >= 4 is 73.7 Å². The number of likely N-dealkylation sites (N-methyl/N-ethyl adjacent to an activating group) is 1. The van der Waals surface area contributed by atoms with Gasteiger partial charge in [-0.1, -0.05) is 35.4 Å². The van der Waals surface area contributed by atoms with Crippen LogP contribution in [0.5, 0.6) is 11.5 Å². The molecule has 3 aromatic rings. The molecule has 0 bridgehead atoms. The summed E-state index contributed by atoms with van der Waals surface area (Å²) in [4.78, 5) is 31.7. The number of aliphatic imine (C=N–C) groups is 1. The van der Waals surface area contributed by atoms with Gasteiger partial charge >= 0.3 is 0 Å². The molecule has 0 unspecified atom stereocenters. The van der Waals surface area contributed by atoms with Gasteiger partial charge in [0.25, 0.3) is 11.8 Å². The fourth-order valence-corrected chi connectivity index (χ4v) is 4.75. The first kappa shape index (κ1) is 26.8. The Morgan fingerprint density at radius 2 is 1.89 bits per heavy atom. The summed E-state index contributed by atoms with van der Waals surface area (Å²) < 4.78 is 11.9. The molecule has 1 heterocycles. The number of thioether (sulfide) groups is 1. The number of carbonyl (C=O) groups is 2. The Balaban J connectivity index is 1.45. The van der Waals surface area contributed by atoms with Crippen LogP contribution in [-0.2, 0) is 9.59 Å². The minimum Gasteiger partial charge on any atom is -0.493 e. The summed E-state index contributed by atoms with van der Waals surface area (Å²) in [7, 11) is 3.19. The van der Waals surface area contributed by atoms with Crippen LogP contribution in [-0.4, -0.2) is 42.6 Å². The lowest BCUT2D eigenvalue weighted by Crippen LogP contribution is -2.23. The number of methoxy groups -OCH3 is 1. The van der Waals surface area contributed by atoms with Crippen molar-refractivity contribution in [3.05, 3.63) is 86.2 Å². The number of halogens is 2. The summed E-state index contributed by atoms with van der Waals surface area (Å²) in [6, 6.07) is 18.1. The highest BCUT2D eigenvalue weighted by Crippen LogP contribution is 2.36. The molecular weight excluding hydrogens is 578 g/mol. The number of benzene rings is 3. The standard InChI is InChI=1S/C27H23BrClN3O4S/c1-16-4-7-18(8-5-16)30-25(33)15-36-22-11-6-17(12-23(22)35-3)13-24-26(34)32(2)27(37-24)31-19-9-10-20(28)21(29)14-19/h4-14H,15H2,1-3H3,(H,30,33)/b24-13-,31-27?. The van der Waals surface area contributed by atoms with Gasteiger partial charge in [-0.3, -0.25) is 14.5 Å². The van der Waals surface area contributed by atoms with Crippen LogP contribution in [0.3, 0.4) is 0 Å². The molecule has 1 fully saturated rings. The van der Waals surface area contributed by atoms with Crippen molar-refractivity contribution in [2.24, 2.45) is 4.99 Å². The topological polar surface area (TPSA) is 80.2 Å². The third-order valence-corrected chi connectivity index (χ3v) is 7.60. The van der Waals surface area contributed by atoms with Crippen molar-refractivity contribution < 1.29 is 19.1 Å². The quantitative estimate of drug-likeness (QED) is 0.307. The molecule has 1 saturated heterocycles. The first-order chi connectivity index (χ1) is 17.7. The van der Waals surface area contributed by atoms with Crippen LogP contribution in [0, 0.1) is 6.92 Å². The first-order valence-electron chi connectivity index (χ1n) is 11.1. The van der Waals surface area contributed by atoms with Crippen LogP contribution in [0.1, 0.15) is 11.1 Å². The second-order valence-electron chi connectivity index (χ2n) is 8.08. The molecule has 3 aromatic carbocycles. The van der Waals surface area contributed by atoms with Crippen molar-refractivity contribution in [2.45, 2.75) is 6.92 Å². The lowest BCUT2D eigenvalue weighted by molar-refractivity contribution is -0.121. The molecule has 1 aliphatic heterocycles. The summed E-state index contributed by atoms with van der Waals surface area (Å²) in [5.74, 6) is 0.409. The Bertz CT molecular complexity index is 1410. The Labute approximate surface area is 232 Å². The predicted molar refractivity (Wildman–Crippen MR) is 153 cm³/mol. The van der Waals surface area contributed by atoms with Gasteiger partial charge in [0, 0.05) is 17.2 Å². The molecule has 1 aliphatic rings. The number of hydrogen-bond donors (Lipinski definition) is 1. The van der Waals surface area contributed by atoms with Crippen LogP contribution in [0.15, 0.2) is 75.0 Å². The Kier molecular flexibility index (Phi) is 8.58. The number of hydrogen-bond acceptors (Lipinski definition) is 6. The number of nitrogens with one attached hydrogen (secondary N) is 1. The minimum atomic E-state index is -0.285. The van der Waals surface area contributed by atoms with Crippen LogP contribution >= 0.6 is 39.3 Å². The number of amidine groups is 1. The fourth-order valence-electron chi connectivity index (χ4n) is 3.34. The average Bonchev–Trinajstić information content (AvgIpc) is 3.14. The van der Waals surface area contributed by atoms with E-state index in [4.69, 9.17) is 21.1 Å². The first-order valence-corrected chi connectivity index (χ1v) is 13.1. The van der Waals surface area contributed by atoms with Crippen molar-refractivity contribution in [2.75, 3.05) is 26.1 Å². The summed E-state index contributed by atoms with van der Waals surface area (Å²) in [6.07, 6.45) is 1.76. The van der Waals surface area contributed by atoms with Crippen LogP contribution in [0.2, 0.25) is 5.02 Å². The minimum absolute atomic E-state index is 0.168. The SMILES string of the molecule is COc1cc(/C=C2\SC(=Nc3ccc(Br)c(Cl)c3)N(C)C2=O)ccc1OCC(=O)Nc1ccc(C)cc1. The number of ether oxygens (including phenoxy) is 2. The number of aryl methyl sites for hydroxylation is 1. The third-order valence-electron chi connectivity index (χ3n) is 5.31. The van der Waals surface area contributed by atoms with Gasteiger partial charge < -0.3 is 14.8 Å². The normalized spacial score (nSPS) is 15.4. The fraction of sp³-hybridized carbons (Fsp3) is 0.148. The predicted octanol–water partition coefficient (Wildman–Crippen LogP) is 6.67. The molecule has 7 nitrogen and oxygen atoms in total. The van der Waals surface area contributed by atoms with Gasteiger partial charge in [-0.05, 0) is 88.7 Å².